The third kappa shape index (κ3) is 3.04. The van der Waals surface area contributed by atoms with Crippen LogP contribution >= 0.6 is 0 Å². The molecular weight excluding hydrogens is 202 g/mol. The maximum absolute atomic E-state index is 5.71. The second-order valence-electron chi connectivity index (χ2n) is 4.22. The highest BCUT2D eigenvalue weighted by Crippen LogP contribution is 2.14. The Morgan fingerprint density at radius 3 is 2.81 bits per heavy atom. The molecule has 1 aliphatic heterocycles. The van der Waals surface area contributed by atoms with Gasteiger partial charge in [0, 0.05) is 19.1 Å². The highest BCUT2D eigenvalue weighted by Gasteiger charge is 2.15. The maximum Gasteiger partial charge on any atom is 0.0720 e. The molecule has 0 aliphatic carbocycles. The van der Waals surface area contributed by atoms with Gasteiger partial charge < -0.3 is 15.2 Å². The normalized spacial score (nSPS) is 20.2. The summed E-state index contributed by atoms with van der Waals surface area (Å²) in [6.45, 7) is 3.75. The van der Waals surface area contributed by atoms with E-state index in [0.717, 1.165) is 26.2 Å². The molecule has 2 N–H and O–H groups in total. The molecule has 1 aliphatic rings. The van der Waals surface area contributed by atoms with Gasteiger partial charge in [-0.05, 0) is 17.5 Å². The first-order valence-corrected chi connectivity index (χ1v) is 5.82. The zero-order valence-corrected chi connectivity index (χ0v) is 9.52. The Morgan fingerprint density at radius 1 is 1.31 bits per heavy atom. The molecule has 0 saturated carbocycles. The average Bonchev–Trinajstić information content (AvgIpc) is 2.83. The van der Waals surface area contributed by atoms with Crippen LogP contribution in [0.4, 0.5) is 0 Å². The molecule has 1 unspecified atom stereocenters. The van der Waals surface area contributed by atoms with Crippen molar-refractivity contribution in [3.05, 3.63) is 35.4 Å². The third-order valence-electron chi connectivity index (χ3n) is 2.97. The van der Waals surface area contributed by atoms with Crippen molar-refractivity contribution in [2.45, 2.75) is 19.6 Å². The van der Waals surface area contributed by atoms with Gasteiger partial charge in [-0.1, -0.05) is 24.3 Å². The zero-order valence-electron chi connectivity index (χ0n) is 9.52. The van der Waals surface area contributed by atoms with Crippen molar-refractivity contribution in [1.29, 1.82) is 0 Å². The first-order valence-electron chi connectivity index (χ1n) is 5.82. The van der Waals surface area contributed by atoms with E-state index in [9.17, 15) is 0 Å². The van der Waals surface area contributed by atoms with Crippen molar-refractivity contribution in [3.8, 4) is 0 Å². The lowest BCUT2D eigenvalue weighted by atomic mass is 10.1. The van der Waals surface area contributed by atoms with Crippen LogP contribution in [0.15, 0.2) is 24.3 Å². The standard InChI is InChI=1S/C13H19NO2/c14-7-12-3-1-2-4-13(12)10-16-9-11-5-6-15-8-11/h1-4,11H,5-10,14H2. The van der Waals surface area contributed by atoms with Gasteiger partial charge >= 0.3 is 0 Å². The number of benzene rings is 1. The van der Waals surface area contributed by atoms with Crippen LogP contribution in [0.2, 0.25) is 0 Å². The van der Waals surface area contributed by atoms with Crippen LogP contribution in [0, 0.1) is 5.92 Å². The molecule has 0 spiro atoms. The Labute approximate surface area is 96.5 Å². The van der Waals surface area contributed by atoms with E-state index >= 15 is 0 Å². The van der Waals surface area contributed by atoms with Gasteiger partial charge in [0.1, 0.15) is 0 Å². The van der Waals surface area contributed by atoms with E-state index < -0.39 is 0 Å². The summed E-state index contributed by atoms with van der Waals surface area (Å²) < 4.78 is 11.0. The van der Waals surface area contributed by atoms with E-state index in [1.807, 2.05) is 12.1 Å². The number of ether oxygens (including phenoxy) is 2. The molecule has 1 heterocycles. The lowest BCUT2D eigenvalue weighted by Crippen LogP contribution is -2.10. The summed E-state index contributed by atoms with van der Waals surface area (Å²) >= 11 is 0. The summed E-state index contributed by atoms with van der Waals surface area (Å²) in [5.41, 5.74) is 8.04. The molecule has 1 aromatic rings. The summed E-state index contributed by atoms with van der Waals surface area (Å²) in [5, 5.41) is 0. The molecule has 3 heteroatoms. The van der Waals surface area contributed by atoms with Crippen LogP contribution in [-0.4, -0.2) is 19.8 Å². The summed E-state index contributed by atoms with van der Waals surface area (Å²) in [7, 11) is 0. The van der Waals surface area contributed by atoms with Crippen LogP contribution < -0.4 is 5.73 Å². The van der Waals surface area contributed by atoms with Crippen LogP contribution in [-0.2, 0) is 22.6 Å². The second-order valence-corrected chi connectivity index (χ2v) is 4.22. The summed E-state index contributed by atoms with van der Waals surface area (Å²) in [5.74, 6) is 0.574. The summed E-state index contributed by atoms with van der Waals surface area (Å²) in [4.78, 5) is 0. The molecule has 1 atom stereocenters. The Bertz CT molecular complexity index is 321. The molecule has 0 radical (unpaired) electrons. The molecule has 0 aromatic heterocycles. The summed E-state index contributed by atoms with van der Waals surface area (Å²) in [6, 6.07) is 8.16. The van der Waals surface area contributed by atoms with Crippen molar-refractivity contribution in [2.24, 2.45) is 11.7 Å². The van der Waals surface area contributed by atoms with Crippen molar-refractivity contribution < 1.29 is 9.47 Å². The largest absolute Gasteiger partial charge is 0.381 e. The van der Waals surface area contributed by atoms with Crippen molar-refractivity contribution in [2.75, 3.05) is 19.8 Å². The number of rotatable bonds is 5. The zero-order chi connectivity index (χ0) is 11.2. The molecule has 0 bridgehead atoms. The fourth-order valence-corrected chi connectivity index (χ4v) is 1.95. The third-order valence-corrected chi connectivity index (χ3v) is 2.97. The van der Waals surface area contributed by atoms with Gasteiger partial charge in [0.05, 0.1) is 19.8 Å². The van der Waals surface area contributed by atoms with Gasteiger partial charge in [-0.15, -0.1) is 0 Å². The number of hydrogen-bond acceptors (Lipinski definition) is 3. The van der Waals surface area contributed by atoms with E-state index in [0.29, 0.717) is 19.1 Å². The second kappa shape index (κ2) is 5.99. The van der Waals surface area contributed by atoms with Crippen molar-refractivity contribution in [1.82, 2.24) is 0 Å². The van der Waals surface area contributed by atoms with E-state index in [-0.39, 0.29) is 0 Å². The Balaban J connectivity index is 1.79. The smallest absolute Gasteiger partial charge is 0.0720 e. The lowest BCUT2D eigenvalue weighted by Gasteiger charge is -2.11. The monoisotopic (exact) mass is 221 g/mol. The quantitative estimate of drug-likeness (QED) is 0.823. The van der Waals surface area contributed by atoms with Gasteiger partial charge in [0.2, 0.25) is 0 Å². The first-order chi connectivity index (χ1) is 7.90. The van der Waals surface area contributed by atoms with E-state index in [1.54, 1.807) is 0 Å². The van der Waals surface area contributed by atoms with Gasteiger partial charge in [-0.25, -0.2) is 0 Å². The van der Waals surface area contributed by atoms with Crippen LogP contribution in [0.25, 0.3) is 0 Å². The number of nitrogens with two attached hydrogens (primary N) is 1. The highest BCUT2D eigenvalue weighted by molar-refractivity contribution is 5.26. The first kappa shape index (κ1) is 11.6. The topological polar surface area (TPSA) is 44.5 Å². The average molecular weight is 221 g/mol. The molecule has 88 valence electrons. The van der Waals surface area contributed by atoms with E-state index in [2.05, 4.69) is 12.1 Å². The van der Waals surface area contributed by atoms with Gasteiger partial charge in [0.15, 0.2) is 0 Å². The lowest BCUT2D eigenvalue weighted by molar-refractivity contribution is 0.0788. The maximum atomic E-state index is 5.71. The summed E-state index contributed by atoms with van der Waals surface area (Å²) in [6.07, 6.45) is 1.12. The predicted molar refractivity (Wildman–Crippen MR) is 62.9 cm³/mol. The Morgan fingerprint density at radius 2 is 2.12 bits per heavy atom. The van der Waals surface area contributed by atoms with Crippen LogP contribution in [0.5, 0.6) is 0 Å². The van der Waals surface area contributed by atoms with Crippen molar-refractivity contribution in [3.63, 3.8) is 0 Å². The molecule has 16 heavy (non-hydrogen) atoms. The van der Waals surface area contributed by atoms with Crippen molar-refractivity contribution >= 4 is 0 Å². The number of hydrogen-bond donors (Lipinski definition) is 1. The van der Waals surface area contributed by atoms with Crippen LogP contribution in [0.3, 0.4) is 0 Å². The minimum atomic E-state index is 0.574. The predicted octanol–water partition coefficient (Wildman–Crippen LogP) is 1.70. The minimum Gasteiger partial charge on any atom is -0.381 e. The molecule has 1 saturated heterocycles. The molecule has 0 amide bonds. The fourth-order valence-electron chi connectivity index (χ4n) is 1.95. The minimum absolute atomic E-state index is 0.574. The van der Waals surface area contributed by atoms with Gasteiger partial charge in [0.25, 0.3) is 0 Å². The molecule has 1 aromatic carbocycles. The fraction of sp³-hybridized carbons (Fsp3) is 0.538. The highest BCUT2D eigenvalue weighted by atomic mass is 16.5. The van der Waals surface area contributed by atoms with Gasteiger partial charge in [-0.3, -0.25) is 0 Å². The Kier molecular flexibility index (Phi) is 4.34. The molecule has 2 rings (SSSR count). The molecular formula is C13H19NO2. The van der Waals surface area contributed by atoms with E-state index in [1.165, 1.54) is 11.1 Å². The molecule has 1 fully saturated rings. The van der Waals surface area contributed by atoms with E-state index in [4.69, 9.17) is 15.2 Å². The molecule has 3 nitrogen and oxygen atoms in total. The van der Waals surface area contributed by atoms with Crippen LogP contribution in [0.1, 0.15) is 17.5 Å². The van der Waals surface area contributed by atoms with Gasteiger partial charge in [-0.2, -0.15) is 0 Å². The Hall–Kier alpha value is -0.900. The SMILES string of the molecule is NCc1ccccc1COCC1CCOC1.